The number of carbonyl (C=O) groups excluding carboxylic acids is 1. The number of hydrogen-bond donors (Lipinski definition) is 4. The van der Waals surface area contributed by atoms with Crippen LogP contribution in [0.3, 0.4) is 0 Å². The number of nitrogens with zero attached hydrogens (tertiary/aromatic N) is 3. The molecule has 1 aromatic heterocycles. The maximum atomic E-state index is 13.0. The first-order valence-corrected chi connectivity index (χ1v) is 13.1. The van der Waals surface area contributed by atoms with E-state index in [1.54, 1.807) is 25.1 Å². The molecule has 3 rings (SSSR count). The van der Waals surface area contributed by atoms with Crippen molar-refractivity contribution in [3.8, 4) is 17.6 Å². The summed E-state index contributed by atoms with van der Waals surface area (Å²) in [4.78, 5) is 29.8. The van der Waals surface area contributed by atoms with Gasteiger partial charge in [-0.1, -0.05) is 25.1 Å². The van der Waals surface area contributed by atoms with Gasteiger partial charge in [-0.15, -0.1) is 0 Å². The smallest absolute Gasteiger partial charge is 0.275 e. The summed E-state index contributed by atoms with van der Waals surface area (Å²) < 4.78 is 35.0. The van der Waals surface area contributed by atoms with E-state index in [-0.39, 0.29) is 65.8 Å². The fraction of sp³-hybridized carbons (Fsp3) is 0.200. The quantitative estimate of drug-likeness (QED) is 0.112. The van der Waals surface area contributed by atoms with Crippen molar-refractivity contribution >= 4 is 39.2 Å². The first kappa shape index (κ1) is 31.5. The van der Waals surface area contributed by atoms with E-state index >= 15 is 0 Å². The van der Waals surface area contributed by atoms with E-state index in [4.69, 9.17) is 32.6 Å². The molecule has 0 fully saturated rings. The number of nitrogens with two attached hydrogens (primary N) is 2. The molecule has 0 bridgehead atoms. The summed E-state index contributed by atoms with van der Waals surface area (Å²) in [5.41, 5.74) is 9.87. The lowest BCUT2D eigenvalue weighted by Crippen LogP contribution is -2.36. The fourth-order valence-electron chi connectivity index (χ4n) is 3.22. The van der Waals surface area contributed by atoms with E-state index in [1.165, 1.54) is 36.4 Å². The topological polar surface area (TPSA) is 204 Å². The van der Waals surface area contributed by atoms with Crippen LogP contribution in [0.2, 0.25) is 5.02 Å². The molecule has 6 N–H and O–H groups in total. The average molecular weight is 590 g/mol. The SMILES string of the molecule is C.Cc1ccc(NS(=O)(=O)c2ccc(Oc3cccc(Cl)c3C#N)cc2)c(=O)n1CC(=O)NCCON=C(N)N. The molecule has 0 aliphatic carbocycles. The molecule has 40 heavy (non-hydrogen) atoms. The zero-order valence-electron chi connectivity index (χ0n) is 20.5. The summed E-state index contributed by atoms with van der Waals surface area (Å²) in [6.07, 6.45) is 0. The molecule has 2 aromatic carbocycles. The van der Waals surface area contributed by atoms with Crippen molar-refractivity contribution in [2.45, 2.75) is 25.8 Å². The zero-order valence-corrected chi connectivity index (χ0v) is 22.1. The highest BCUT2D eigenvalue weighted by Crippen LogP contribution is 2.30. The predicted molar refractivity (Wildman–Crippen MR) is 150 cm³/mol. The Labute approximate surface area is 236 Å². The number of nitrogens with one attached hydrogen (secondary N) is 2. The monoisotopic (exact) mass is 589 g/mol. The van der Waals surface area contributed by atoms with Crippen molar-refractivity contribution in [1.29, 1.82) is 5.26 Å². The van der Waals surface area contributed by atoms with E-state index in [0.717, 1.165) is 4.57 Å². The van der Waals surface area contributed by atoms with E-state index in [2.05, 4.69) is 15.2 Å². The number of amides is 1. The van der Waals surface area contributed by atoms with Crippen molar-refractivity contribution in [1.82, 2.24) is 9.88 Å². The van der Waals surface area contributed by atoms with Gasteiger partial charge < -0.3 is 30.9 Å². The number of pyridine rings is 1. The van der Waals surface area contributed by atoms with Crippen LogP contribution in [0.4, 0.5) is 5.69 Å². The fourth-order valence-corrected chi connectivity index (χ4v) is 4.48. The summed E-state index contributed by atoms with van der Waals surface area (Å²) in [6.45, 7) is 1.32. The molecular formula is C25H28ClN7O6S. The third-order valence-electron chi connectivity index (χ3n) is 5.07. The highest BCUT2D eigenvalue weighted by Gasteiger charge is 2.19. The number of rotatable bonds is 11. The highest BCUT2D eigenvalue weighted by atomic mass is 35.5. The van der Waals surface area contributed by atoms with Gasteiger partial charge in [-0.05, 0) is 60.6 Å². The van der Waals surface area contributed by atoms with Crippen molar-refractivity contribution < 1.29 is 22.8 Å². The van der Waals surface area contributed by atoms with Gasteiger partial charge in [0.2, 0.25) is 11.9 Å². The lowest BCUT2D eigenvalue weighted by molar-refractivity contribution is -0.122. The maximum absolute atomic E-state index is 13.0. The average Bonchev–Trinajstić information content (AvgIpc) is 2.88. The molecule has 0 spiro atoms. The number of benzene rings is 2. The standard InChI is InChI=1S/C24H24ClN7O6S.CH4/c1-15-5-10-20(23(34)32(15)14-22(33)29-11-12-37-30-24(27)28)31-39(35,36)17-8-6-16(7-9-17)38-21-4-2-3-19(25)18(21)13-26;/h2-10,31H,11-12,14H2,1H3,(H,29,33)(H4,27,28,30);1H4. The van der Waals surface area contributed by atoms with Crippen LogP contribution in [-0.2, 0) is 26.2 Å². The second-order valence-corrected chi connectivity index (χ2v) is 9.97. The van der Waals surface area contributed by atoms with E-state index < -0.39 is 21.5 Å². The van der Waals surface area contributed by atoms with Crippen LogP contribution in [0, 0.1) is 18.3 Å². The first-order valence-electron chi connectivity index (χ1n) is 11.2. The summed E-state index contributed by atoms with van der Waals surface area (Å²) in [5.74, 6) is -0.300. The van der Waals surface area contributed by atoms with Gasteiger partial charge >= 0.3 is 0 Å². The van der Waals surface area contributed by atoms with Crippen molar-refractivity contribution in [3.63, 3.8) is 0 Å². The van der Waals surface area contributed by atoms with Crippen LogP contribution >= 0.6 is 11.6 Å². The maximum Gasteiger partial charge on any atom is 0.275 e. The number of sulfonamides is 1. The number of anilines is 1. The van der Waals surface area contributed by atoms with E-state index in [0.29, 0.717) is 5.69 Å². The minimum Gasteiger partial charge on any atom is -0.456 e. The second kappa shape index (κ2) is 13.9. The molecule has 0 unspecified atom stereocenters. The van der Waals surface area contributed by atoms with Crippen LogP contribution in [0.25, 0.3) is 0 Å². The molecule has 13 nitrogen and oxygen atoms in total. The number of halogens is 1. The Morgan fingerprint density at radius 1 is 1.15 bits per heavy atom. The Kier molecular flexibility index (Phi) is 10.9. The Morgan fingerprint density at radius 3 is 2.50 bits per heavy atom. The number of oxime groups is 1. The van der Waals surface area contributed by atoms with Crippen LogP contribution < -0.4 is 31.8 Å². The summed E-state index contributed by atoms with van der Waals surface area (Å²) in [7, 11) is -4.17. The number of ether oxygens (including phenoxy) is 1. The number of carbonyl (C=O) groups is 1. The normalized spacial score (nSPS) is 10.4. The third kappa shape index (κ3) is 8.13. The Bertz CT molecular complexity index is 1600. The highest BCUT2D eigenvalue weighted by molar-refractivity contribution is 7.92. The molecule has 15 heteroatoms. The molecule has 0 aliphatic rings. The minimum absolute atomic E-state index is 0. The van der Waals surface area contributed by atoms with Crippen molar-refractivity contribution in [2.75, 3.05) is 17.9 Å². The zero-order chi connectivity index (χ0) is 28.6. The van der Waals surface area contributed by atoms with Gasteiger partial charge in [0.25, 0.3) is 15.6 Å². The molecule has 212 valence electrons. The van der Waals surface area contributed by atoms with Gasteiger partial charge in [0, 0.05) is 5.69 Å². The van der Waals surface area contributed by atoms with Crippen LogP contribution in [-0.4, -0.2) is 38.0 Å². The van der Waals surface area contributed by atoms with Gasteiger partial charge in [-0.2, -0.15) is 5.26 Å². The van der Waals surface area contributed by atoms with E-state index in [1.807, 2.05) is 6.07 Å². The summed E-state index contributed by atoms with van der Waals surface area (Å²) in [5, 5.41) is 15.4. The van der Waals surface area contributed by atoms with Crippen LogP contribution in [0.1, 0.15) is 18.7 Å². The number of hydrogen-bond acceptors (Lipinski definition) is 8. The Balaban J connectivity index is 0.00000560. The van der Waals surface area contributed by atoms with Crippen LogP contribution in [0.15, 0.2) is 69.4 Å². The summed E-state index contributed by atoms with van der Waals surface area (Å²) in [6, 6.07) is 14.8. The molecule has 0 atom stereocenters. The molecule has 3 aromatic rings. The Morgan fingerprint density at radius 2 is 1.85 bits per heavy atom. The second-order valence-electron chi connectivity index (χ2n) is 7.88. The minimum atomic E-state index is -4.17. The molecule has 0 saturated heterocycles. The molecule has 0 saturated carbocycles. The number of aromatic nitrogens is 1. The van der Waals surface area contributed by atoms with Crippen molar-refractivity contribution in [3.05, 3.63) is 81.2 Å². The molecule has 0 radical (unpaired) electrons. The Hall–Kier alpha value is -4.74. The van der Waals surface area contributed by atoms with Gasteiger partial charge in [0.1, 0.15) is 42.0 Å². The van der Waals surface area contributed by atoms with Crippen LogP contribution in [0.5, 0.6) is 11.5 Å². The van der Waals surface area contributed by atoms with Gasteiger partial charge in [-0.3, -0.25) is 14.3 Å². The first-order chi connectivity index (χ1) is 18.5. The lowest BCUT2D eigenvalue weighted by Gasteiger charge is -2.14. The van der Waals surface area contributed by atoms with Gasteiger partial charge in [0.05, 0.1) is 16.5 Å². The summed E-state index contributed by atoms with van der Waals surface area (Å²) >= 11 is 6.01. The lowest BCUT2D eigenvalue weighted by atomic mass is 10.2. The number of guanidine groups is 1. The largest absolute Gasteiger partial charge is 0.456 e. The van der Waals surface area contributed by atoms with E-state index in [9.17, 15) is 23.3 Å². The molecule has 0 aliphatic heterocycles. The number of aryl methyl sites for hydroxylation is 1. The molecule has 1 heterocycles. The van der Waals surface area contributed by atoms with Crippen molar-refractivity contribution in [2.24, 2.45) is 16.6 Å². The van der Waals surface area contributed by atoms with Gasteiger partial charge in [-0.25, -0.2) is 8.42 Å². The predicted octanol–water partition coefficient (Wildman–Crippen LogP) is 2.23. The van der Waals surface area contributed by atoms with Gasteiger partial charge in [0.15, 0.2) is 0 Å². The number of nitriles is 1. The third-order valence-corrected chi connectivity index (χ3v) is 6.77. The molecular weight excluding hydrogens is 562 g/mol. The molecule has 1 amide bonds.